The minimum absolute atomic E-state index is 0.0803. The van der Waals surface area contributed by atoms with Crippen LogP contribution in [0.3, 0.4) is 0 Å². The Morgan fingerprint density at radius 2 is 1.86 bits per heavy atom. The van der Waals surface area contributed by atoms with Crippen molar-refractivity contribution in [1.82, 2.24) is 5.06 Å². The first-order chi connectivity index (χ1) is 10.6. The van der Waals surface area contributed by atoms with Crippen LogP contribution in [-0.4, -0.2) is 29.6 Å². The van der Waals surface area contributed by atoms with Crippen LogP contribution in [0.2, 0.25) is 0 Å². The van der Waals surface area contributed by atoms with Gasteiger partial charge in [0.1, 0.15) is 0 Å². The second-order valence-corrected chi connectivity index (χ2v) is 5.88. The van der Waals surface area contributed by atoms with Gasteiger partial charge in [-0.2, -0.15) is 0 Å². The van der Waals surface area contributed by atoms with Crippen LogP contribution in [0, 0.1) is 17.8 Å². The molecule has 0 N–H and O–H groups in total. The summed E-state index contributed by atoms with van der Waals surface area (Å²) in [5.74, 6) is 0.480. The highest BCUT2D eigenvalue weighted by Crippen LogP contribution is 2.52. The van der Waals surface area contributed by atoms with Crippen LogP contribution in [0.1, 0.15) is 45.4 Å². The van der Waals surface area contributed by atoms with E-state index < -0.39 is 18.0 Å². The fourth-order valence-electron chi connectivity index (χ4n) is 3.19. The standard InChI is InChI=1S/C16H23NO5/c1-3-5-7-12-11(6-4-2)13(12)10-21-16(20)22-17-14(18)8-9-15(17)19/h3,11-13H,1,4-10H2,2H3/t11-,12+,13?/m1/s1. The van der Waals surface area contributed by atoms with E-state index in [-0.39, 0.29) is 19.4 Å². The molecule has 0 aromatic rings. The number of allylic oxidation sites excluding steroid dienone is 1. The Morgan fingerprint density at radius 3 is 2.45 bits per heavy atom. The van der Waals surface area contributed by atoms with E-state index >= 15 is 0 Å². The lowest BCUT2D eigenvalue weighted by Gasteiger charge is -2.12. The molecule has 0 radical (unpaired) electrons. The highest BCUT2D eigenvalue weighted by atomic mass is 16.8. The van der Waals surface area contributed by atoms with Crippen LogP contribution >= 0.6 is 0 Å². The number of amides is 2. The Labute approximate surface area is 130 Å². The molecule has 2 amide bonds. The van der Waals surface area contributed by atoms with E-state index in [1.165, 1.54) is 0 Å². The molecule has 122 valence electrons. The summed E-state index contributed by atoms with van der Waals surface area (Å²) in [7, 11) is 0. The number of hydrogen-bond acceptors (Lipinski definition) is 5. The predicted octanol–water partition coefficient (Wildman–Crippen LogP) is 2.83. The van der Waals surface area contributed by atoms with Crippen molar-refractivity contribution in [3.05, 3.63) is 12.7 Å². The third kappa shape index (κ3) is 3.87. The number of imide groups is 1. The third-order valence-electron chi connectivity index (χ3n) is 4.40. The van der Waals surface area contributed by atoms with Crippen LogP contribution in [0.5, 0.6) is 0 Å². The lowest BCUT2D eigenvalue weighted by Crippen LogP contribution is -2.32. The smallest absolute Gasteiger partial charge is 0.432 e. The Hall–Kier alpha value is -1.85. The molecule has 6 nitrogen and oxygen atoms in total. The van der Waals surface area contributed by atoms with E-state index in [1.807, 2.05) is 6.08 Å². The highest BCUT2D eigenvalue weighted by molar-refractivity contribution is 6.01. The summed E-state index contributed by atoms with van der Waals surface area (Å²) in [5, 5.41) is 0.508. The molecule has 1 saturated carbocycles. The molecule has 0 spiro atoms. The van der Waals surface area contributed by atoms with Gasteiger partial charge in [0, 0.05) is 12.8 Å². The number of hydrogen-bond donors (Lipinski definition) is 0. The maximum absolute atomic E-state index is 11.6. The van der Waals surface area contributed by atoms with E-state index in [0.29, 0.717) is 22.8 Å². The molecule has 1 saturated heterocycles. The molecule has 1 heterocycles. The second kappa shape index (κ2) is 7.42. The quantitative estimate of drug-likeness (QED) is 0.391. The monoisotopic (exact) mass is 309 g/mol. The van der Waals surface area contributed by atoms with Crippen molar-refractivity contribution in [2.45, 2.75) is 45.4 Å². The maximum Gasteiger partial charge on any atom is 0.533 e. The number of carbonyl (C=O) groups is 3. The molecular formula is C16H23NO5. The minimum atomic E-state index is -0.979. The first-order valence-electron chi connectivity index (χ1n) is 7.89. The van der Waals surface area contributed by atoms with Gasteiger partial charge in [-0.3, -0.25) is 14.4 Å². The van der Waals surface area contributed by atoms with E-state index in [1.54, 1.807) is 0 Å². The SMILES string of the molecule is C=CCC[C@@H]1C(COC(=O)ON2C(=O)CCC2=O)[C@@H]1CCC. The Balaban J connectivity index is 1.74. The zero-order chi connectivity index (χ0) is 16.1. The molecule has 2 aliphatic rings. The van der Waals surface area contributed by atoms with Crippen molar-refractivity contribution >= 4 is 18.0 Å². The van der Waals surface area contributed by atoms with Crippen LogP contribution in [0.25, 0.3) is 0 Å². The third-order valence-corrected chi connectivity index (χ3v) is 4.40. The predicted molar refractivity (Wildman–Crippen MR) is 78.3 cm³/mol. The zero-order valence-electron chi connectivity index (χ0n) is 13.0. The Kier molecular flexibility index (Phi) is 5.57. The van der Waals surface area contributed by atoms with Gasteiger partial charge < -0.3 is 4.74 Å². The first kappa shape index (κ1) is 16.5. The topological polar surface area (TPSA) is 72.9 Å². The van der Waals surface area contributed by atoms with Gasteiger partial charge in [0.15, 0.2) is 0 Å². The summed E-state index contributed by atoms with van der Waals surface area (Å²) in [4.78, 5) is 39.0. The summed E-state index contributed by atoms with van der Waals surface area (Å²) in [5.41, 5.74) is 0. The molecule has 3 atom stereocenters. The van der Waals surface area contributed by atoms with Crippen molar-refractivity contribution in [2.24, 2.45) is 17.8 Å². The van der Waals surface area contributed by atoms with E-state index in [4.69, 9.17) is 4.74 Å². The van der Waals surface area contributed by atoms with Crippen molar-refractivity contribution in [2.75, 3.05) is 6.61 Å². The van der Waals surface area contributed by atoms with Crippen LogP contribution in [0.15, 0.2) is 12.7 Å². The summed E-state index contributed by atoms with van der Waals surface area (Å²) in [6, 6.07) is 0. The van der Waals surface area contributed by atoms with E-state index in [2.05, 4.69) is 18.3 Å². The molecule has 1 aliphatic carbocycles. The first-order valence-corrected chi connectivity index (χ1v) is 7.89. The molecule has 2 rings (SSSR count). The van der Waals surface area contributed by atoms with Gasteiger partial charge in [0.05, 0.1) is 6.61 Å². The molecule has 6 heteroatoms. The average molecular weight is 309 g/mol. The maximum atomic E-state index is 11.6. The molecular weight excluding hydrogens is 286 g/mol. The van der Waals surface area contributed by atoms with E-state index in [0.717, 1.165) is 25.7 Å². The van der Waals surface area contributed by atoms with Gasteiger partial charge in [-0.15, -0.1) is 6.58 Å². The minimum Gasteiger partial charge on any atom is -0.432 e. The summed E-state index contributed by atoms with van der Waals surface area (Å²) in [6.45, 7) is 6.15. The molecule has 2 fully saturated rings. The fraction of sp³-hybridized carbons (Fsp3) is 0.688. The lowest BCUT2D eigenvalue weighted by atomic mass is 10.1. The van der Waals surface area contributed by atoms with Crippen molar-refractivity contribution < 1.29 is 24.0 Å². The fourth-order valence-corrected chi connectivity index (χ4v) is 3.19. The molecule has 1 aliphatic heterocycles. The Morgan fingerprint density at radius 1 is 1.23 bits per heavy atom. The number of ether oxygens (including phenoxy) is 1. The Bertz CT molecular complexity index is 445. The highest BCUT2D eigenvalue weighted by Gasteiger charge is 2.49. The normalized spacial score (nSPS) is 27.0. The molecule has 0 aromatic carbocycles. The summed E-state index contributed by atoms with van der Waals surface area (Å²) in [6.07, 6.45) is 5.32. The zero-order valence-corrected chi connectivity index (χ0v) is 13.0. The van der Waals surface area contributed by atoms with Gasteiger partial charge in [-0.25, -0.2) is 4.79 Å². The number of hydroxylamine groups is 2. The number of nitrogens with zero attached hydrogens (tertiary/aromatic N) is 1. The van der Waals surface area contributed by atoms with Crippen molar-refractivity contribution in [3.63, 3.8) is 0 Å². The van der Waals surface area contributed by atoms with Crippen LogP contribution in [-0.2, 0) is 19.2 Å². The second-order valence-electron chi connectivity index (χ2n) is 5.88. The lowest BCUT2D eigenvalue weighted by molar-refractivity contribution is -0.177. The van der Waals surface area contributed by atoms with Gasteiger partial charge in [-0.05, 0) is 30.6 Å². The summed E-state index contributed by atoms with van der Waals surface area (Å²) >= 11 is 0. The van der Waals surface area contributed by atoms with Gasteiger partial charge in [0.2, 0.25) is 0 Å². The molecule has 22 heavy (non-hydrogen) atoms. The van der Waals surface area contributed by atoms with Crippen LogP contribution in [0.4, 0.5) is 4.79 Å². The van der Waals surface area contributed by atoms with Crippen molar-refractivity contribution in [1.29, 1.82) is 0 Å². The number of rotatable bonds is 8. The average Bonchev–Trinajstić information content (AvgIpc) is 3.07. The molecule has 0 aromatic heterocycles. The molecule has 0 bridgehead atoms. The van der Waals surface area contributed by atoms with E-state index in [9.17, 15) is 14.4 Å². The largest absolute Gasteiger partial charge is 0.533 e. The molecule has 1 unspecified atom stereocenters. The van der Waals surface area contributed by atoms with Gasteiger partial charge >= 0.3 is 6.16 Å². The van der Waals surface area contributed by atoms with Gasteiger partial charge in [-0.1, -0.05) is 30.9 Å². The van der Waals surface area contributed by atoms with Crippen LogP contribution < -0.4 is 0 Å². The van der Waals surface area contributed by atoms with Gasteiger partial charge in [0.25, 0.3) is 11.8 Å². The summed E-state index contributed by atoms with van der Waals surface area (Å²) < 4.78 is 5.08. The number of carbonyl (C=O) groups excluding carboxylic acids is 3. The van der Waals surface area contributed by atoms with Crippen molar-refractivity contribution in [3.8, 4) is 0 Å².